The van der Waals surface area contributed by atoms with Crippen molar-refractivity contribution < 1.29 is 9.59 Å². The molecule has 1 heterocycles. The topological polar surface area (TPSA) is 61.4 Å². The number of carbonyl (C=O) groups is 2. The first-order valence-electron chi connectivity index (χ1n) is 7.18. The first kappa shape index (κ1) is 15.8. The van der Waals surface area contributed by atoms with E-state index in [2.05, 4.69) is 10.6 Å². The minimum atomic E-state index is -0.220. The molecule has 0 bridgehead atoms. The molecule has 3 amide bonds. The second-order valence-corrected chi connectivity index (χ2v) is 6.25. The molecule has 1 rings (SSSR count). The fourth-order valence-electron chi connectivity index (χ4n) is 2.21. The van der Waals surface area contributed by atoms with E-state index < -0.39 is 0 Å². The van der Waals surface area contributed by atoms with Crippen molar-refractivity contribution in [1.29, 1.82) is 0 Å². The molecule has 0 unspecified atom stereocenters. The molecule has 1 saturated heterocycles. The molecular formula is C14H27N3O2. The number of hydrogen-bond acceptors (Lipinski definition) is 2. The van der Waals surface area contributed by atoms with Crippen LogP contribution in [0.25, 0.3) is 0 Å². The van der Waals surface area contributed by atoms with E-state index in [-0.39, 0.29) is 23.5 Å². The highest BCUT2D eigenvalue weighted by Gasteiger charge is 2.24. The Morgan fingerprint density at radius 1 is 1.21 bits per heavy atom. The average Bonchev–Trinajstić information content (AvgIpc) is 2.27. The van der Waals surface area contributed by atoms with Gasteiger partial charge in [-0.2, -0.15) is 0 Å². The predicted molar refractivity (Wildman–Crippen MR) is 75.9 cm³/mol. The molecule has 110 valence electrons. The van der Waals surface area contributed by atoms with Crippen molar-refractivity contribution in [3.63, 3.8) is 0 Å². The van der Waals surface area contributed by atoms with E-state index in [9.17, 15) is 9.59 Å². The number of hydrogen-bond donors (Lipinski definition) is 2. The number of urea groups is 1. The lowest BCUT2D eigenvalue weighted by molar-refractivity contribution is -0.132. The Morgan fingerprint density at radius 3 is 2.26 bits per heavy atom. The maximum Gasteiger partial charge on any atom is 0.315 e. The van der Waals surface area contributed by atoms with Gasteiger partial charge in [-0.1, -0.05) is 6.92 Å². The Hall–Kier alpha value is -1.26. The van der Waals surface area contributed by atoms with Crippen LogP contribution in [-0.4, -0.2) is 41.5 Å². The van der Waals surface area contributed by atoms with Crippen LogP contribution in [0.3, 0.4) is 0 Å². The van der Waals surface area contributed by atoms with Crippen LogP contribution in [0.5, 0.6) is 0 Å². The molecule has 5 heteroatoms. The highest BCUT2D eigenvalue weighted by Crippen LogP contribution is 2.12. The van der Waals surface area contributed by atoms with Gasteiger partial charge in [0.25, 0.3) is 0 Å². The predicted octanol–water partition coefficient (Wildman–Crippen LogP) is 1.88. The van der Waals surface area contributed by atoms with Gasteiger partial charge in [0.2, 0.25) is 5.91 Å². The summed E-state index contributed by atoms with van der Waals surface area (Å²) in [7, 11) is 0. The number of carbonyl (C=O) groups excluding carboxylic acids is 2. The molecule has 1 aliphatic heterocycles. The fourth-order valence-corrected chi connectivity index (χ4v) is 2.21. The van der Waals surface area contributed by atoms with E-state index in [0.717, 1.165) is 32.4 Å². The zero-order valence-corrected chi connectivity index (χ0v) is 12.6. The molecule has 1 fully saturated rings. The van der Waals surface area contributed by atoms with E-state index >= 15 is 0 Å². The van der Waals surface area contributed by atoms with Crippen molar-refractivity contribution in [2.45, 2.75) is 65.0 Å². The van der Waals surface area contributed by atoms with Crippen LogP contribution in [0.1, 0.15) is 53.4 Å². The second-order valence-electron chi connectivity index (χ2n) is 6.25. The number of nitrogens with zero attached hydrogens (tertiary/aromatic N) is 1. The maximum atomic E-state index is 11.7. The molecule has 0 radical (unpaired) electrons. The van der Waals surface area contributed by atoms with E-state index in [4.69, 9.17) is 0 Å². The Kier molecular flexibility index (Phi) is 5.63. The fraction of sp³-hybridized carbons (Fsp3) is 0.857. The lowest BCUT2D eigenvalue weighted by Crippen LogP contribution is -2.52. The van der Waals surface area contributed by atoms with Gasteiger partial charge in [0.15, 0.2) is 0 Å². The van der Waals surface area contributed by atoms with E-state index in [1.54, 1.807) is 0 Å². The van der Waals surface area contributed by atoms with Gasteiger partial charge >= 0.3 is 6.03 Å². The van der Waals surface area contributed by atoms with Crippen LogP contribution in [0, 0.1) is 0 Å². The van der Waals surface area contributed by atoms with Crippen molar-refractivity contribution in [3.05, 3.63) is 0 Å². The summed E-state index contributed by atoms with van der Waals surface area (Å²) >= 11 is 0. The number of nitrogens with one attached hydrogen (secondary N) is 2. The molecule has 1 aliphatic rings. The van der Waals surface area contributed by atoms with Gasteiger partial charge in [-0.05, 0) is 40.0 Å². The number of amides is 3. The minimum Gasteiger partial charge on any atom is -0.343 e. The molecular weight excluding hydrogens is 242 g/mol. The third-order valence-corrected chi connectivity index (χ3v) is 3.14. The Balaban J connectivity index is 2.30. The van der Waals surface area contributed by atoms with E-state index in [0.29, 0.717) is 6.42 Å². The summed E-state index contributed by atoms with van der Waals surface area (Å²) in [4.78, 5) is 25.4. The van der Waals surface area contributed by atoms with Gasteiger partial charge in [-0.3, -0.25) is 4.79 Å². The molecule has 2 N–H and O–H groups in total. The molecule has 0 aromatic carbocycles. The zero-order chi connectivity index (χ0) is 14.5. The summed E-state index contributed by atoms with van der Waals surface area (Å²) in [6.45, 7) is 9.39. The quantitative estimate of drug-likeness (QED) is 0.821. The number of piperidine rings is 1. The van der Waals surface area contributed by atoms with Crippen LogP contribution < -0.4 is 10.6 Å². The lowest BCUT2D eigenvalue weighted by Gasteiger charge is -2.33. The van der Waals surface area contributed by atoms with Crippen LogP contribution in [0.15, 0.2) is 0 Å². The van der Waals surface area contributed by atoms with Gasteiger partial charge in [-0.25, -0.2) is 4.79 Å². The highest BCUT2D eigenvalue weighted by atomic mass is 16.2. The minimum absolute atomic E-state index is 0.120. The first-order valence-corrected chi connectivity index (χ1v) is 7.18. The van der Waals surface area contributed by atoms with Crippen LogP contribution in [-0.2, 0) is 4.79 Å². The third-order valence-electron chi connectivity index (χ3n) is 3.14. The normalized spacial score (nSPS) is 17.2. The summed E-state index contributed by atoms with van der Waals surface area (Å²) in [6.07, 6.45) is 3.20. The summed E-state index contributed by atoms with van der Waals surface area (Å²) in [5.74, 6) is 0.236. The smallest absolute Gasteiger partial charge is 0.315 e. The maximum absolute atomic E-state index is 11.7. The van der Waals surface area contributed by atoms with Crippen molar-refractivity contribution in [3.8, 4) is 0 Å². The molecule has 0 aromatic rings. The summed E-state index contributed by atoms with van der Waals surface area (Å²) in [5.41, 5.74) is -0.220. The monoisotopic (exact) mass is 269 g/mol. The van der Waals surface area contributed by atoms with Crippen molar-refractivity contribution >= 4 is 11.9 Å². The molecule has 0 aliphatic carbocycles. The molecule has 0 atom stereocenters. The Bertz CT molecular complexity index is 315. The lowest BCUT2D eigenvalue weighted by atomic mass is 10.0. The Labute approximate surface area is 116 Å². The van der Waals surface area contributed by atoms with Gasteiger partial charge in [0.05, 0.1) is 0 Å². The van der Waals surface area contributed by atoms with Gasteiger partial charge < -0.3 is 15.5 Å². The van der Waals surface area contributed by atoms with Crippen molar-refractivity contribution in [2.75, 3.05) is 13.1 Å². The van der Waals surface area contributed by atoms with Gasteiger partial charge in [0.1, 0.15) is 0 Å². The zero-order valence-electron chi connectivity index (χ0n) is 12.6. The van der Waals surface area contributed by atoms with Gasteiger partial charge in [0, 0.05) is 31.1 Å². The number of rotatable bonds is 3. The first-order chi connectivity index (χ1) is 8.81. The van der Waals surface area contributed by atoms with Gasteiger partial charge in [-0.15, -0.1) is 0 Å². The van der Waals surface area contributed by atoms with Crippen LogP contribution in [0.4, 0.5) is 4.79 Å². The van der Waals surface area contributed by atoms with E-state index in [1.807, 2.05) is 32.6 Å². The number of likely N-dealkylation sites (tertiary alicyclic amines) is 1. The van der Waals surface area contributed by atoms with Crippen LogP contribution in [0.2, 0.25) is 0 Å². The SMILES string of the molecule is CCCC(=O)N1CCC(NC(=O)NC(C)(C)C)CC1. The summed E-state index contributed by atoms with van der Waals surface area (Å²) in [6, 6.07) is 0.0545. The average molecular weight is 269 g/mol. The molecule has 0 saturated carbocycles. The summed E-state index contributed by atoms with van der Waals surface area (Å²) < 4.78 is 0. The molecule has 0 aromatic heterocycles. The van der Waals surface area contributed by atoms with Crippen molar-refractivity contribution in [2.24, 2.45) is 0 Å². The van der Waals surface area contributed by atoms with E-state index in [1.165, 1.54) is 0 Å². The third kappa shape index (κ3) is 5.94. The van der Waals surface area contributed by atoms with Crippen LogP contribution >= 0.6 is 0 Å². The molecule has 0 spiro atoms. The van der Waals surface area contributed by atoms with Crippen molar-refractivity contribution in [1.82, 2.24) is 15.5 Å². The molecule has 19 heavy (non-hydrogen) atoms. The molecule has 5 nitrogen and oxygen atoms in total. The summed E-state index contributed by atoms with van der Waals surface area (Å²) in [5, 5.41) is 5.87. The second kappa shape index (κ2) is 6.78. The Morgan fingerprint density at radius 2 is 1.79 bits per heavy atom. The standard InChI is InChI=1S/C14H27N3O2/c1-5-6-12(18)17-9-7-11(8-10-17)15-13(19)16-14(2,3)4/h11H,5-10H2,1-4H3,(H2,15,16,19). The largest absolute Gasteiger partial charge is 0.343 e. The highest BCUT2D eigenvalue weighted by molar-refractivity contribution is 5.76.